The Bertz CT molecular complexity index is 332. The summed E-state index contributed by atoms with van der Waals surface area (Å²) in [4.78, 5) is 22.2. The molecule has 1 unspecified atom stereocenters. The van der Waals surface area contributed by atoms with Crippen molar-refractivity contribution < 1.29 is 4.79 Å². The summed E-state index contributed by atoms with van der Waals surface area (Å²) in [6.07, 6.45) is 3.26. The van der Waals surface area contributed by atoms with E-state index in [0.29, 0.717) is 11.1 Å². The van der Waals surface area contributed by atoms with E-state index in [9.17, 15) is 9.70 Å². The summed E-state index contributed by atoms with van der Waals surface area (Å²) in [5.41, 5.74) is 1.07. The van der Waals surface area contributed by atoms with E-state index in [0.717, 1.165) is 0 Å². The molecule has 1 atom stereocenters. The van der Waals surface area contributed by atoms with Crippen LogP contribution < -0.4 is 0 Å². The lowest BCUT2D eigenvalue weighted by Gasteiger charge is -2.25. The minimum Gasteiger partial charge on any atom is -0.289 e. The van der Waals surface area contributed by atoms with Crippen molar-refractivity contribution in [2.24, 2.45) is 10.6 Å². The van der Waals surface area contributed by atoms with Gasteiger partial charge in [0.25, 0.3) is 0 Å². The highest BCUT2D eigenvalue weighted by Gasteiger charge is 2.28. The molecule has 0 saturated heterocycles. The molecular formula is C11H15NO2. The maximum Gasteiger partial charge on any atom is 0.184 e. The van der Waals surface area contributed by atoms with Crippen molar-refractivity contribution in [3.63, 3.8) is 0 Å². The lowest BCUT2D eigenvalue weighted by atomic mass is 9.78. The molecule has 0 radical (unpaired) electrons. The first-order valence-electron chi connectivity index (χ1n) is 4.64. The van der Waals surface area contributed by atoms with E-state index >= 15 is 0 Å². The van der Waals surface area contributed by atoms with E-state index < -0.39 is 6.04 Å². The van der Waals surface area contributed by atoms with Crippen molar-refractivity contribution in [3.05, 3.63) is 28.2 Å². The van der Waals surface area contributed by atoms with Crippen LogP contribution >= 0.6 is 0 Å². The van der Waals surface area contributed by atoms with Crippen LogP contribution in [0.1, 0.15) is 27.7 Å². The average molecular weight is 193 g/mol. The van der Waals surface area contributed by atoms with Gasteiger partial charge in [-0.1, -0.05) is 25.9 Å². The second-order valence-corrected chi connectivity index (χ2v) is 4.61. The molecule has 76 valence electrons. The number of carbonyl (C=O) groups excluding carboxylic acids is 1. The highest BCUT2D eigenvalue weighted by Crippen LogP contribution is 2.31. The lowest BCUT2D eigenvalue weighted by Crippen LogP contribution is -2.24. The molecule has 0 heterocycles. The Kier molecular flexibility index (Phi) is 2.69. The number of allylic oxidation sites excluding steroid dienone is 2. The molecule has 3 heteroatoms. The smallest absolute Gasteiger partial charge is 0.184 e. The average Bonchev–Trinajstić information content (AvgIpc) is 2.07. The molecule has 0 aromatic carbocycles. The number of hydrogen-bond donors (Lipinski definition) is 0. The zero-order valence-electron chi connectivity index (χ0n) is 9.00. The van der Waals surface area contributed by atoms with E-state index in [-0.39, 0.29) is 11.2 Å². The van der Waals surface area contributed by atoms with Crippen LogP contribution in [0.15, 0.2) is 28.5 Å². The molecule has 1 aliphatic carbocycles. The van der Waals surface area contributed by atoms with Gasteiger partial charge in [0.15, 0.2) is 5.78 Å². The Balaban J connectivity index is 3.12. The highest BCUT2D eigenvalue weighted by atomic mass is 16.3. The molecule has 1 rings (SSSR count). The topological polar surface area (TPSA) is 46.5 Å². The SMILES string of the molecule is CC1=CC(N=O)C=C(C(C)(C)C)C1=O. The Labute approximate surface area is 83.9 Å². The van der Waals surface area contributed by atoms with Crippen molar-refractivity contribution in [2.75, 3.05) is 0 Å². The van der Waals surface area contributed by atoms with Gasteiger partial charge in [-0.05, 0) is 30.1 Å². The van der Waals surface area contributed by atoms with Crippen molar-refractivity contribution in [1.29, 1.82) is 0 Å². The molecule has 0 aromatic rings. The van der Waals surface area contributed by atoms with Gasteiger partial charge >= 0.3 is 0 Å². The summed E-state index contributed by atoms with van der Waals surface area (Å²) in [5, 5.41) is 2.94. The fraction of sp³-hybridized carbons (Fsp3) is 0.545. The number of Topliss-reactive ketones (excluding diaryl/α,β-unsaturated/α-hetero) is 1. The first-order chi connectivity index (χ1) is 6.36. The molecular weight excluding hydrogens is 178 g/mol. The lowest BCUT2D eigenvalue weighted by molar-refractivity contribution is -0.113. The maximum atomic E-state index is 11.8. The van der Waals surface area contributed by atoms with E-state index in [1.54, 1.807) is 19.1 Å². The Morgan fingerprint density at radius 2 is 1.86 bits per heavy atom. The molecule has 3 nitrogen and oxygen atoms in total. The summed E-state index contributed by atoms with van der Waals surface area (Å²) < 4.78 is 0. The Morgan fingerprint density at radius 3 is 2.29 bits per heavy atom. The van der Waals surface area contributed by atoms with Gasteiger partial charge < -0.3 is 0 Å². The fourth-order valence-corrected chi connectivity index (χ4v) is 1.49. The normalized spacial score (nSPS) is 22.9. The number of ketones is 1. The summed E-state index contributed by atoms with van der Waals surface area (Å²) in [5.74, 6) is 0.0254. The minimum atomic E-state index is -0.484. The van der Waals surface area contributed by atoms with Crippen molar-refractivity contribution in [3.8, 4) is 0 Å². The van der Waals surface area contributed by atoms with Gasteiger partial charge in [-0.15, -0.1) is 4.91 Å². The van der Waals surface area contributed by atoms with Crippen LogP contribution in [0.4, 0.5) is 0 Å². The largest absolute Gasteiger partial charge is 0.289 e. The maximum absolute atomic E-state index is 11.8. The van der Waals surface area contributed by atoms with Gasteiger partial charge in [-0.25, -0.2) is 0 Å². The van der Waals surface area contributed by atoms with E-state index in [1.807, 2.05) is 20.8 Å². The number of nitrogens with zero attached hydrogens (tertiary/aromatic N) is 1. The first kappa shape index (κ1) is 10.8. The minimum absolute atomic E-state index is 0.0254. The van der Waals surface area contributed by atoms with E-state index in [1.165, 1.54) is 0 Å². The van der Waals surface area contributed by atoms with E-state index in [4.69, 9.17) is 0 Å². The van der Waals surface area contributed by atoms with Crippen LogP contribution in [0.3, 0.4) is 0 Å². The van der Waals surface area contributed by atoms with Crippen LogP contribution in [0.2, 0.25) is 0 Å². The molecule has 0 aliphatic heterocycles. The van der Waals surface area contributed by atoms with Crippen LogP contribution in [-0.2, 0) is 4.79 Å². The molecule has 0 bridgehead atoms. The summed E-state index contributed by atoms with van der Waals surface area (Å²) in [6, 6.07) is -0.484. The fourth-order valence-electron chi connectivity index (χ4n) is 1.49. The van der Waals surface area contributed by atoms with Gasteiger partial charge in [-0.3, -0.25) is 4.79 Å². The third-order valence-electron chi connectivity index (χ3n) is 2.29. The molecule has 0 N–H and O–H groups in total. The van der Waals surface area contributed by atoms with Gasteiger partial charge in [0.2, 0.25) is 0 Å². The Hall–Kier alpha value is -1.25. The van der Waals surface area contributed by atoms with Gasteiger partial charge in [0, 0.05) is 5.57 Å². The highest BCUT2D eigenvalue weighted by molar-refractivity contribution is 6.09. The zero-order chi connectivity index (χ0) is 10.9. The molecule has 0 fully saturated rings. The number of rotatable bonds is 1. The quantitative estimate of drug-likeness (QED) is 0.601. The summed E-state index contributed by atoms with van der Waals surface area (Å²) in [7, 11) is 0. The Morgan fingerprint density at radius 1 is 1.29 bits per heavy atom. The third-order valence-corrected chi connectivity index (χ3v) is 2.29. The second-order valence-electron chi connectivity index (χ2n) is 4.61. The van der Waals surface area contributed by atoms with Gasteiger partial charge in [0.1, 0.15) is 6.04 Å². The van der Waals surface area contributed by atoms with Crippen LogP contribution in [0, 0.1) is 10.3 Å². The predicted octanol–water partition coefficient (Wildman–Crippen LogP) is 2.62. The molecule has 1 aliphatic rings. The van der Waals surface area contributed by atoms with Crippen molar-refractivity contribution in [2.45, 2.75) is 33.7 Å². The van der Waals surface area contributed by atoms with Crippen LogP contribution in [0.25, 0.3) is 0 Å². The third kappa shape index (κ3) is 1.97. The van der Waals surface area contributed by atoms with Gasteiger partial charge in [-0.2, -0.15) is 0 Å². The second kappa shape index (κ2) is 3.48. The number of hydrogen-bond acceptors (Lipinski definition) is 3. The molecule has 14 heavy (non-hydrogen) atoms. The van der Waals surface area contributed by atoms with Gasteiger partial charge in [0.05, 0.1) is 0 Å². The predicted molar refractivity (Wildman–Crippen MR) is 55.9 cm³/mol. The molecule has 0 amide bonds. The summed E-state index contributed by atoms with van der Waals surface area (Å²) in [6.45, 7) is 7.59. The monoisotopic (exact) mass is 193 g/mol. The van der Waals surface area contributed by atoms with Crippen molar-refractivity contribution >= 4 is 5.78 Å². The standard InChI is InChI=1S/C11H15NO2/c1-7-5-8(12-14)6-9(10(7)13)11(2,3)4/h5-6,8H,1-4H3. The summed E-state index contributed by atoms with van der Waals surface area (Å²) >= 11 is 0. The zero-order valence-corrected chi connectivity index (χ0v) is 9.00. The number of nitroso groups, excluding NO2 is 1. The molecule has 0 saturated carbocycles. The molecule has 0 aromatic heterocycles. The van der Waals surface area contributed by atoms with Crippen LogP contribution in [0.5, 0.6) is 0 Å². The molecule has 0 spiro atoms. The van der Waals surface area contributed by atoms with Crippen molar-refractivity contribution in [1.82, 2.24) is 0 Å². The first-order valence-corrected chi connectivity index (χ1v) is 4.64. The van der Waals surface area contributed by atoms with Crippen LogP contribution in [-0.4, -0.2) is 11.8 Å². The van der Waals surface area contributed by atoms with E-state index in [2.05, 4.69) is 5.18 Å². The number of carbonyl (C=O) groups is 1.